The lowest BCUT2D eigenvalue weighted by Crippen LogP contribution is -2.36. The second-order valence-corrected chi connectivity index (χ2v) is 6.91. The molecule has 2 amide bonds. The number of anilines is 1. The third-order valence-corrected chi connectivity index (χ3v) is 4.77. The molecule has 0 saturated heterocycles. The molecular weight excluding hydrogens is 334 g/mol. The van der Waals surface area contributed by atoms with Crippen molar-refractivity contribution in [1.29, 1.82) is 0 Å². The summed E-state index contributed by atoms with van der Waals surface area (Å²) in [6.07, 6.45) is 3.06. The standard InChI is InChI=1S/C20H24ClN3O/c1-24-11-3-5-17-12-16(7-8-19(17)24)14-23-20(25)22-10-9-15-4-2-6-18(21)13-15/h2,4,6-8,12-13H,3,5,9-11,14H2,1H3,(H2,22,23,25). The Kier molecular flexibility index (Phi) is 5.82. The van der Waals surface area contributed by atoms with E-state index in [1.807, 2.05) is 24.3 Å². The lowest BCUT2D eigenvalue weighted by molar-refractivity contribution is 0.240. The van der Waals surface area contributed by atoms with Crippen LogP contribution in [0, 0.1) is 0 Å². The highest BCUT2D eigenvalue weighted by molar-refractivity contribution is 6.30. The number of hydrogen-bond donors (Lipinski definition) is 2. The maximum Gasteiger partial charge on any atom is 0.315 e. The van der Waals surface area contributed by atoms with Crippen LogP contribution in [0.1, 0.15) is 23.1 Å². The van der Waals surface area contributed by atoms with Gasteiger partial charge < -0.3 is 15.5 Å². The number of halogens is 1. The van der Waals surface area contributed by atoms with Crippen LogP contribution in [0.25, 0.3) is 0 Å². The fourth-order valence-corrected chi connectivity index (χ4v) is 3.42. The molecule has 2 N–H and O–H groups in total. The van der Waals surface area contributed by atoms with Crippen LogP contribution >= 0.6 is 11.6 Å². The molecule has 0 atom stereocenters. The van der Waals surface area contributed by atoms with Crippen molar-refractivity contribution < 1.29 is 4.79 Å². The van der Waals surface area contributed by atoms with Crippen LogP contribution in [0.5, 0.6) is 0 Å². The highest BCUT2D eigenvalue weighted by Crippen LogP contribution is 2.26. The van der Waals surface area contributed by atoms with Gasteiger partial charge >= 0.3 is 6.03 Å². The quantitative estimate of drug-likeness (QED) is 0.855. The maximum absolute atomic E-state index is 12.0. The molecule has 3 rings (SSSR count). The maximum atomic E-state index is 12.0. The predicted octanol–water partition coefficient (Wildman–Crippen LogP) is 3.76. The number of nitrogens with one attached hydrogen (secondary N) is 2. The van der Waals surface area contributed by atoms with E-state index in [1.165, 1.54) is 17.7 Å². The molecule has 1 heterocycles. The first-order valence-corrected chi connectivity index (χ1v) is 9.09. The number of carbonyl (C=O) groups is 1. The van der Waals surface area contributed by atoms with Crippen molar-refractivity contribution in [1.82, 2.24) is 10.6 Å². The zero-order valence-electron chi connectivity index (χ0n) is 14.5. The van der Waals surface area contributed by atoms with Crippen LogP contribution in [-0.4, -0.2) is 26.2 Å². The summed E-state index contributed by atoms with van der Waals surface area (Å²) in [5.41, 5.74) is 4.93. The Morgan fingerprint density at radius 3 is 2.88 bits per heavy atom. The molecule has 2 aromatic carbocycles. The van der Waals surface area contributed by atoms with Gasteiger partial charge in [0, 0.05) is 37.4 Å². The van der Waals surface area contributed by atoms with Crippen molar-refractivity contribution in [3.05, 3.63) is 64.2 Å². The van der Waals surface area contributed by atoms with Crippen molar-refractivity contribution in [3.63, 3.8) is 0 Å². The second-order valence-electron chi connectivity index (χ2n) is 6.48. The molecule has 0 fully saturated rings. The van der Waals surface area contributed by atoms with Gasteiger partial charge in [0.1, 0.15) is 0 Å². The van der Waals surface area contributed by atoms with Gasteiger partial charge in [0.2, 0.25) is 0 Å². The Bertz CT molecular complexity index is 747. The van der Waals surface area contributed by atoms with E-state index in [0.29, 0.717) is 13.1 Å². The van der Waals surface area contributed by atoms with Gasteiger partial charge in [-0.15, -0.1) is 0 Å². The Balaban J connectivity index is 1.44. The van der Waals surface area contributed by atoms with E-state index in [0.717, 1.165) is 35.5 Å². The minimum Gasteiger partial charge on any atom is -0.374 e. The minimum absolute atomic E-state index is 0.142. The van der Waals surface area contributed by atoms with E-state index in [2.05, 4.69) is 40.8 Å². The topological polar surface area (TPSA) is 44.4 Å². The third-order valence-electron chi connectivity index (χ3n) is 4.54. The fourth-order valence-electron chi connectivity index (χ4n) is 3.21. The normalized spacial score (nSPS) is 13.3. The van der Waals surface area contributed by atoms with Gasteiger partial charge in [-0.1, -0.05) is 35.9 Å². The minimum atomic E-state index is -0.142. The van der Waals surface area contributed by atoms with Gasteiger partial charge in [0.25, 0.3) is 0 Å². The van der Waals surface area contributed by atoms with E-state index in [4.69, 9.17) is 11.6 Å². The summed E-state index contributed by atoms with van der Waals surface area (Å²) in [5, 5.41) is 6.54. The van der Waals surface area contributed by atoms with Crippen LogP contribution in [0.4, 0.5) is 10.5 Å². The number of rotatable bonds is 5. The smallest absolute Gasteiger partial charge is 0.315 e. The van der Waals surface area contributed by atoms with E-state index in [1.54, 1.807) is 0 Å². The molecule has 5 heteroatoms. The van der Waals surface area contributed by atoms with Crippen molar-refractivity contribution in [3.8, 4) is 0 Å². The van der Waals surface area contributed by atoms with E-state index < -0.39 is 0 Å². The fraction of sp³-hybridized carbons (Fsp3) is 0.350. The van der Waals surface area contributed by atoms with Crippen LogP contribution in [-0.2, 0) is 19.4 Å². The predicted molar refractivity (Wildman–Crippen MR) is 103 cm³/mol. The molecular formula is C20H24ClN3O. The SMILES string of the molecule is CN1CCCc2cc(CNC(=O)NCCc3cccc(Cl)c3)ccc21. The van der Waals surface area contributed by atoms with E-state index in [9.17, 15) is 4.79 Å². The summed E-state index contributed by atoms with van der Waals surface area (Å²) in [6.45, 7) is 2.24. The molecule has 0 aliphatic carbocycles. The average molecular weight is 358 g/mol. The molecule has 0 aromatic heterocycles. The Morgan fingerprint density at radius 2 is 2.04 bits per heavy atom. The highest BCUT2D eigenvalue weighted by Gasteiger charge is 2.13. The molecule has 4 nitrogen and oxygen atoms in total. The molecule has 1 aliphatic heterocycles. The summed E-state index contributed by atoms with van der Waals surface area (Å²) >= 11 is 5.96. The lowest BCUT2D eigenvalue weighted by Gasteiger charge is -2.27. The van der Waals surface area contributed by atoms with Crippen LogP contribution in [0.15, 0.2) is 42.5 Å². The van der Waals surface area contributed by atoms with Crippen molar-refractivity contribution >= 4 is 23.3 Å². The molecule has 2 aromatic rings. The Labute approximate surface area is 154 Å². The van der Waals surface area contributed by atoms with E-state index in [-0.39, 0.29) is 6.03 Å². The first-order valence-electron chi connectivity index (χ1n) is 8.71. The number of benzene rings is 2. The lowest BCUT2D eigenvalue weighted by atomic mass is 9.99. The molecule has 0 saturated carbocycles. The van der Waals surface area contributed by atoms with Gasteiger partial charge in [-0.2, -0.15) is 0 Å². The molecule has 0 bridgehead atoms. The molecule has 0 unspecified atom stereocenters. The van der Waals surface area contributed by atoms with Gasteiger partial charge in [-0.3, -0.25) is 0 Å². The second kappa shape index (κ2) is 8.26. The monoisotopic (exact) mass is 357 g/mol. The number of nitrogens with zero attached hydrogens (tertiary/aromatic N) is 1. The molecule has 25 heavy (non-hydrogen) atoms. The van der Waals surface area contributed by atoms with Gasteiger partial charge in [-0.05, 0) is 54.2 Å². The first kappa shape index (κ1) is 17.6. The summed E-state index contributed by atoms with van der Waals surface area (Å²) in [7, 11) is 2.13. The summed E-state index contributed by atoms with van der Waals surface area (Å²) < 4.78 is 0. The summed E-state index contributed by atoms with van der Waals surface area (Å²) in [6, 6.07) is 14.0. The molecule has 0 spiro atoms. The van der Waals surface area contributed by atoms with Gasteiger partial charge in [-0.25, -0.2) is 4.79 Å². The number of aryl methyl sites for hydroxylation is 1. The molecule has 1 aliphatic rings. The number of amides is 2. The Morgan fingerprint density at radius 1 is 1.16 bits per heavy atom. The average Bonchev–Trinajstić information content (AvgIpc) is 2.60. The summed E-state index contributed by atoms with van der Waals surface area (Å²) in [4.78, 5) is 14.2. The molecule has 0 radical (unpaired) electrons. The number of carbonyl (C=O) groups excluding carboxylic acids is 1. The zero-order chi connectivity index (χ0) is 17.6. The first-order chi connectivity index (χ1) is 12.1. The van der Waals surface area contributed by atoms with Crippen LogP contribution in [0.3, 0.4) is 0 Å². The number of hydrogen-bond acceptors (Lipinski definition) is 2. The largest absolute Gasteiger partial charge is 0.374 e. The van der Waals surface area contributed by atoms with Crippen molar-refractivity contribution in [2.24, 2.45) is 0 Å². The number of urea groups is 1. The highest BCUT2D eigenvalue weighted by atomic mass is 35.5. The van der Waals surface area contributed by atoms with Gasteiger partial charge in [0.15, 0.2) is 0 Å². The van der Waals surface area contributed by atoms with Crippen LogP contribution in [0.2, 0.25) is 5.02 Å². The van der Waals surface area contributed by atoms with Crippen molar-refractivity contribution in [2.75, 3.05) is 25.0 Å². The summed E-state index contributed by atoms with van der Waals surface area (Å²) in [5.74, 6) is 0. The van der Waals surface area contributed by atoms with E-state index >= 15 is 0 Å². The van der Waals surface area contributed by atoms with Crippen molar-refractivity contribution in [2.45, 2.75) is 25.8 Å². The number of fused-ring (bicyclic) bond motifs is 1. The zero-order valence-corrected chi connectivity index (χ0v) is 15.3. The van der Waals surface area contributed by atoms with Gasteiger partial charge in [0.05, 0.1) is 0 Å². The van der Waals surface area contributed by atoms with Crippen LogP contribution < -0.4 is 15.5 Å². The molecule has 132 valence electrons. The Hall–Kier alpha value is -2.20. The third kappa shape index (κ3) is 4.89.